The maximum atomic E-state index is 6.23. The Hall–Kier alpha value is -0.830. The SMILES string of the molecule is CC1(Oc2ccc3c(c2)CCN3)CCSCC1. The van der Waals surface area contributed by atoms with Crippen molar-refractivity contribution in [1.82, 2.24) is 0 Å². The van der Waals surface area contributed by atoms with Gasteiger partial charge in [-0.1, -0.05) is 0 Å². The summed E-state index contributed by atoms with van der Waals surface area (Å²) in [4.78, 5) is 0. The van der Waals surface area contributed by atoms with Gasteiger partial charge in [-0.2, -0.15) is 11.8 Å². The monoisotopic (exact) mass is 249 g/mol. The van der Waals surface area contributed by atoms with Gasteiger partial charge in [-0.15, -0.1) is 0 Å². The first-order valence-corrected chi connectivity index (χ1v) is 7.54. The molecular weight excluding hydrogens is 230 g/mol. The lowest BCUT2D eigenvalue weighted by atomic mass is 9.99. The number of benzene rings is 1. The lowest BCUT2D eigenvalue weighted by Gasteiger charge is -2.34. The molecule has 0 radical (unpaired) electrons. The Kier molecular flexibility index (Phi) is 2.95. The van der Waals surface area contributed by atoms with E-state index in [0.717, 1.165) is 31.6 Å². The molecule has 0 atom stereocenters. The van der Waals surface area contributed by atoms with Crippen LogP contribution >= 0.6 is 11.8 Å². The molecule has 2 aliphatic heterocycles. The minimum atomic E-state index is 0.0471. The van der Waals surface area contributed by atoms with E-state index in [1.807, 2.05) is 11.8 Å². The fraction of sp³-hybridized carbons (Fsp3) is 0.571. The molecule has 17 heavy (non-hydrogen) atoms. The molecular formula is C14H19NOS. The zero-order chi connectivity index (χ0) is 11.7. The third kappa shape index (κ3) is 2.39. The Morgan fingerprint density at radius 1 is 1.29 bits per heavy atom. The summed E-state index contributed by atoms with van der Waals surface area (Å²) in [6, 6.07) is 6.46. The van der Waals surface area contributed by atoms with Gasteiger partial charge in [0, 0.05) is 12.2 Å². The number of thioether (sulfide) groups is 1. The topological polar surface area (TPSA) is 21.3 Å². The molecule has 1 fully saturated rings. The van der Waals surface area contributed by atoms with Crippen molar-refractivity contribution < 1.29 is 4.74 Å². The predicted octanol–water partition coefficient (Wildman–Crippen LogP) is 3.32. The Bertz CT molecular complexity index is 413. The van der Waals surface area contributed by atoms with Gasteiger partial charge >= 0.3 is 0 Å². The number of nitrogens with one attached hydrogen (secondary N) is 1. The number of fused-ring (bicyclic) bond motifs is 1. The van der Waals surface area contributed by atoms with Crippen LogP contribution in [0.25, 0.3) is 0 Å². The Labute approximate surface area is 107 Å². The maximum Gasteiger partial charge on any atom is 0.120 e. The highest BCUT2D eigenvalue weighted by atomic mass is 32.2. The summed E-state index contributed by atoms with van der Waals surface area (Å²) in [6.45, 7) is 3.31. The molecule has 3 rings (SSSR count). The minimum Gasteiger partial charge on any atom is -0.488 e. The van der Waals surface area contributed by atoms with Gasteiger partial charge < -0.3 is 10.1 Å². The first kappa shape index (κ1) is 11.3. The van der Waals surface area contributed by atoms with Crippen molar-refractivity contribution in [2.24, 2.45) is 0 Å². The van der Waals surface area contributed by atoms with Gasteiger partial charge in [-0.3, -0.25) is 0 Å². The minimum absolute atomic E-state index is 0.0471. The van der Waals surface area contributed by atoms with E-state index in [1.165, 1.54) is 22.8 Å². The van der Waals surface area contributed by atoms with Gasteiger partial charge in [-0.05, 0) is 61.5 Å². The van der Waals surface area contributed by atoms with Gasteiger partial charge in [0.25, 0.3) is 0 Å². The molecule has 2 nitrogen and oxygen atoms in total. The highest BCUT2D eigenvalue weighted by Gasteiger charge is 2.29. The van der Waals surface area contributed by atoms with E-state index in [-0.39, 0.29) is 5.60 Å². The zero-order valence-corrected chi connectivity index (χ0v) is 11.1. The smallest absolute Gasteiger partial charge is 0.120 e. The molecule has 0 spiro atoms. The molecule has 0 amide bonds. The van der Waals surface area contributed by atoms with E-state index in [1.54, 1.807) is 0 Å². The zero-order valence-electron chi connectivity index (χ0n) is 10.3. The Morgan fingerprint density at radius 2 is 2.12 bits per heavy atom. The van der Waals surface area contributed by atoms with E-state index < -0.39 is 0 Å². The first-order chi connectivity index (χ1) is 8.25. The van der Waals surface area contributed by atoms with Crippen molar-refractivity contribution in [3.8, 4) is 5.75 Å². The Morgan fingerprint density at radius 3 is 2.94 bits per heavy atom. The van der Waals surface area contributed by atoms with Crippen LogP contribution in [-0.2, 0) is 6.42 Å². The summed E-state index contributed by atoms with van der Waals surface area (Å²) in [5.41, 5.74) is 2.73. The van der Waals surface area contributed by atoms with Crippen molar-refractivity contribution >= 4 is 17.4 Å². The van der Waals surface area contributed by atoms with Gasteiger partial charge in [0.15, 0.2) is 0 Å². The standard InChI is InChI=1S/C14H19NOS/c1-14(5-8-17-9-6-14)16-12-2-3-13-11(10-12)4-7-15-13/h2-3,10,15H,4-9H2,1H3. The predicted molar refractivity (Wildman–Crippen MR) is 74.2 cm³/mol. The molecule has 0 saturated carbocycles. The normalized spacial score (nSPS) is 21.7. The van der Waals surface area contributed by atoms with Gasteiger partial charge in [-0.25, -0.2) is 0 Å². The van der Waals surface area contributed by atoms with Crippen molar-refractivity contribution in [2.45, 2.75) is 31.8 Å². The maximum absolute atomic E-state index is 6.23. The van der Waals surface area contributed by atoms with Crippen LogP contribution in [0.2, 0.25) is 0 Å². The molecule has 92 valence electrons. The Balaban J connectivity index is 1.76. The van der Waals surface area contributed by atoms with E-state index in [0.29, 0.717) is 0 Å². The fourth-order valence-electron chi connectivity index (χ4n) is 2.53. The number of rotatable bonds is 2. The number of ether oxygens (including phenoxy) is 1. The summed E-state index contributed by atoms with van der Waals surface area (Å²) in [5.74, 6) is 3.49. The van der Waals surface area contributed by atoms with E-state index in [9.17, 15) is 0 Å². The molecule has 0 bridgehead atoms. The molecule has 1 N–H and O–H groups in total. The number of hydrogen-bond acceptors (Lipinski definition) is 3. The van der Waals surface area contributed by atoms with E-state index >= 15 is 0 Å². The van der Waals surface area contributed by atoms with Crippen LogP contribution in [0.1, 0.15) is 25.3 Å². The molecule has 1 aromatic carbocycles. The highest BCUT2D eigenvalue weighted by molar-refractivity contribution is 7.99. The fourth-order valence-corrected chi connectivity index (χ4v) is 3.89. The van der Waals surface area contributed by atoms with Gasteiger partial charge in [0.2, 0.25) is 0 Å². The molecule has 3 heteroatoms. The van der Waals surface area contributed by atoms with Crippen molar-refractivity contribution in [3.63, 3.8) is 0 Å². The van der Waals surface area contributed by atoms with Crippen molar-refractivity contribution in [2.75, 3.05) is 23.4 Å². The number of anilines is 1. The number of hydrogen-bond donors (Lipinski definition) is 1. The lowest BCUT2D eigenvalue weighted by molar-refractivity contribution is 0.0799. The summed E-state index contributed by atoms with van der Waals surface area (Å²) in [7, 11) is 0. The molecule has 0 unspecified atom stereocenters. The lowest BCUT2D eigenvalue weighted by Crippen LogP contribution is -2.36. The summed E-state index contributed by atoms with van der Waals surface area (Å²) < 4.78 is 6.23. The van der Waals surface area contributed by atoms with E-state index in [2.05, 4.69) is 30.4 Å². The highest BCUT2D eigenvalue weighted by Crippen LogP contribution is 2.33. The van der Waals surface area contributed by atoms with Crippen LogP contribution in [0, 0.1) is 0 Å². The van der Waals surface area contributed by atoms with Gasteiger partial charge in [0.1, 0.15) is 11.4 Å². The van der Waals surface area contributed by atoms with Crippen molar-refractivity contribution in [3.05, 3.63) is 23.8 Å². The quantitative estimate of drug-likeness (QED) is 0.869. The third-order valence-electron chi connectivity index (χ3n) is 3.70. The molecule has 1 aromatic rings. The molecule has 1 saturated heterocycles. The average Bonchev–Trinajstić information content (AvgIpc) is 2.76. The molecule has 2 heterocycles. The second kappa shape index (κ2) is 4.45. The molecule has 2 aliphatic rings. The van der Waals surface area contributed by atoms with Crippen LogP contribution in [0.15, 0.2) is 18.2 Å². The van der Waals surface area contributed by atoms with Crippen molar-refractivity contribution in [1.29, 1.82) is 0 Å². The largest absolute Gasteiger partial charge is 0.488 e. The average molecular weight is 249 g/mol. The second-order valence-corrected chi connectivity index (χ2v) is 6.38. The van der Waals surface area contributed by atoms with Crippen LogP contribution in [0.3, 0.4) is 0 Å². The third-order valence-corrected chi connectivity index (χ3v) is 4.69. The van der Waals surface area contributed by atoms with Crippen LogP contribution in [0.5, 0.6) is 5.75 Å². The first-order valence-electron chi connectivity index (χ1n) is 6.39. The molecule has 0 aliphatic carbocycles. The van der Waals surface area contributed by atoms with E-state index in [4.69, 9.17) is 4.74 Å². The van der Waals surface area contributed by atoms with Crippen LogP contribution in [0.4, 0.5) is 5.69 Å². The summed E-state index contributed by atoms with van der Waals surface area (Å²) in [6.07, 6.45) is 3.44. The second-order valence-electron chi connectivity index (χ2n) is 5.16. The van der Waals surface area contributed by atoms with Crippen LogP contribution in [-0.4, -0.2) is 23.7 Å². The molecule has 0 aromatic heterocycles. The van der Waals surface area contributed by atoms with Crippen LogP contribution < -0.4 is 10.1 Å². The summed E-state index contributed by atoms with van der Waals surface area (Å²) in [5, 5.41) is 3.38. The van der Waals surface area contributed by atoms with Gasteiger partial charge in [0.05, 0.1) is 0 Å². The summed E-state index contributed by atoms with van der Waals surface area (Å²) >= 11 is 2.04.